The van der Waals surface area contributed by atoms with Crippen LogP contribution in [0.5, 0.6) is 0 Å². The fraction of sp³-hybridized carbons (Fsp3) is 0.250. The number of rotatable bonds is 3. The lowest BCUT2D eigenvalue weighted by atomic mass is 9.78. The maximum Gasteiger partial charge on any atom is 0.494 e. The molecule has 0 atom stereocenters. The minimum absolute atomic E-state index is 0.343. The second-order valence-corrected chi connectivity index (χ2v) is 8.79. The third kappa shape index (κ3) is 3.52. The van der Waals surface area contributed by atoms with Crippen LogP contribution >= 0.6 is 12.6 Å². The van der Waals surface area contributed by atoms with Crippen molar-refractivity contribution in [2.24, 2.45) is 0 Å². The van der Waals surface area contributed by atoms with E-state index in [2.05, 4.69) is 94.9 Å². The van der Waals surface area contributed by atoms with Gasteiger partial charge >= 0.3 is 7.12 Å². The second kappa shape index (κ2) is 7.11. The lowest BCUT2D eigenvalue weighted by molar-refractivity contribution is 0.00578. The van der Waals surface area contributed by atoms with Crippen LogP contribution in [-0.4, -0.2) is 18.3 Å². The first-order chi connectivity index (χ1) is 13.3. The molecule has 1 saturated heterocycles. The van der Waals surface area contributed by atoms with Crippen molar-refractivity contribution in [1.82, 2.24) is 0 Å². The summed E-state index contributed by atoms with van der Waals surface area (Å²) in [6.07, 6.45) is 0. The van der Waals surface area contributed by atoms with E-state index in [4.69, 9.17) is 9.31 Å². The van der Waals surface area contributed by atoms with Gasteiger partial charge in [-0.05, 0) is 67.5 Å². The van der Waals surface area contributed by atoms with Crippen molar-refractivity contribution in [1.29, 1.82) is 0 Å². The molecule has 1 fully saturated rings. The normalized spacial score (nSPS) is 17.7. The zero-order valence-electron chi connectivity index (χ0n) is 16.8. The predicted molar refractivity (Wildman–Crippen MR) is 120 cm³/mol. The molecule has 0 aliphatic carbocycles. The van der Waals surface area contributed by atoms with Gasteiger partial charge in [0.05, 0.1) is 11.2 Å². The summed E-state index contributed by atoms with van der Waals surface area (Å²) >= 11 is 4.61. The quantitative estimate of drug-likeness (QED) is 0.465. The molecule has 1 aliphatic heterocycles. The van der Waals surface area contributed by atoms with Crippen LogP contribution in [0.15, 0.2) is 77.7 Å². The molecule has 0 radical (unpaired) electrons. The molecule has 0 spiro atoms. The minimum atomic E-state index is -0.355. The molecule has 2 nitrogen and oxygen atoms in total. The molecule has 0 aromatic heterocycles. The van der Waals surface area contributed by atoms with E-state index in [9.17, 15) is 0 Å². The molecular formula is C24H25BO2S. The van der Waals surface area contributed by atoms with Crippen LogP contribution in [-0.2, 0) is 9.31 Å². The van der Waals surface area contributed by atoms with Gasteiger partial charge in [-0.2, -0.15) is 0 Å². The Morgan fingerprint density at radius 1 is 0.679 bits per heavy atom. The summed E-state index contributed by atoms with van der Waals surface area (Å²) in [5, 5.41) is 0. The lowest BCUT2D eigenvalue weighted by Gasteiger charge is -2.32. The van der Waals surface area contributed by atoms with E-state index >= 15 is 0 Å². The van der Waals surface area contributed by atoms with Crippen LogP contribution in [0, 0.1) is 0 Å². The van der Waals surface area contributed by atoms with Crippen LogP contribution < -0.4 is 5.46 Å². The van der Waals surface area contributed by atoms with Crippen LogP contribution in [0.25, 0.3) is 22.3 Å². The smallest absolute Gasteiger partial charge is 0.399 e. The Balaban J connectivity index is 1.68. The maximum absolute atomic E-state index is 6.22. The van der Waals surface area contributed by atoms with E-state index in [-0.39, 0.29) is 18.3 Å². The second-order valence-electron chi connectivity index (χ2n) is 8.31. The topological polar surface area (TPSA) is 18.5 Å². The van der Waals surface area contributed by atoms with Crippen molar-refractivity contribution >= 4 is 25.2 Å². The highest BCUT2D eigenvalue weighted by Crippen LogP contribution is 2.37. The van der Waals surface area contributed by atoms with Gasteiger partial charge < -0.3 is 9.31 Å². The summed E-state index contributed by atoms with van der Waals surface area (Å²) in [5.74, 6) is 0. The average molecular weight is 388 g/mol. The summed E-state index contributed by atoms with van der Waals surface area (Å²) in [4.78, 5) is 0.977. The van der Waals surface area contributed by atoms with E-state index in [1.807, 2.05) is 18.2 Å². The summed E-state index contributed by atoms with van der Waals surface area (Å²) in [7, 11) is -0.355. The average Bonchev–Trinajstić information content (AvgIpc) is 2.90. The molecule has 3 aromatic rings. The highest BCUT2D eigenvalue weighted by Gasteiger charge is 2.51. The standard InChI is InChI=1S/C24H25BO2S/c1-23(2)24(3,4)27-25(26-23)20-12-8-10-18(16-20)17-9-7-11-19(15-17)21-13-5-6-14-22(21)28/h5-16,28H,1-4H3. The Hall–Kier alpha value is -2.01. The third-order valence-electron chi connectivity index (χ3n) is 5.82. The van der Waals surface area contributed by atoms with Crippen LogP contribution in [0.1, 0.15) is 27.7 Å². The monoisotopic (exact) mass is 388 g/mol. The molecule has 28 heavy (non-hydrogen) atoms. The molecule has 3 aromatic carbocycles. The fourth-order valence-electron chi connectivity index (χ4n) is 3.43. The van der Waals surface area contributed by atoms with Crippen molar-refractivity contribution in [2.75, 3.05) is 0 Å². The van der Waals surface area contributed by atoms with E-state index in [1.54, 1.807) is 0 Å². The Kier molecular flexibility index (Phi) is 4.90. The molecule has 142 valence electrons. The van der Waals surface area contributed by atoms with Gasteiger partial charge in [-0.1, -0.05) is 60.7 Å². The van der Waals surface area contributed by atoms with Crippen molar-refractivity contribution in [2.45, 2.75) is 43.8 Å². The first-order valence-corrected chi connectivity index (χ1v) is 10.1. The number of hydrogen-bond acceptors (Lipinski definition) is 3. The van der Waals surface area contributed by atoms with Gasteiger partial charge in [0.15, 0.2) is 0 Å². The lowest BCUT2D eigenvalue weighted by Crippen LogP contribution is -2.41. The Morgan fingerprint density at radius 3 is 1.93 bits per heavy atom. The van der Waals surface area contributed by atoms with Gasteiger partial charge in [0.1, 0.15) is 0 Å². The SMILES string of the molecule is CC1(C)OB(c2cccc(-c3cccc(-c4ccccc4S)c3)c2)OC1(C)C. The first kappa shape index (κ1) is 19.3. The van der Waals surface area contributed by atoms with Gasteiger partial charge in [-0.3, -0.25) is 0 Å². The van der Waals surface area contributed by atoms with Crippen LogP contribution in [0.3, 0.4) is 0 Å². The van der Waals surface area contributed by atoms with E-state index in [1.165, 1.54) is 0 Å². The molecule has 1 heterocycles. The van der Waals surface area contributed by atoms with Gasteiger partial charge in [0, 0.05) is 4.90 Å². The maximum atomic E-state index is 6.22. The molecule has 1 aliphatic rings. The molecule has 4 heteroatoms. The van der Waals surface area contributed by atoms with E-state index in [0.29, 0.717) is 0 Å². The Labute approximate surface area is 173 Å². The molecule has 0 bridgehead atoms. The van der Waals surface area contributed by atoms with E-state index < -0.39 is 0 Å². The minimum Gasteiger partial charge on any atom is -0.399 e. The van der Waals surface area contributed by atoms with Gasteiger partial charge in [-0.25, -0.2) is 0 Å². The number of thiol groups is 1. The molecule has 4 rings (SSSR count). The van der Waals surface area contributed by atoms with Crippen molar-refractivity contribution in [3.63, 3.8) is 0 Å². The number of hydrogen-bond donors (Lipinski definition) is 1. The van der Waals surface area contributed by atoms with Crippen molar-refractivity contribution in [3.05, 3.63) is 72.8 Å². The van der Waals surface area contributed by atoms with Crippen molar-refractivity contribution in [3.8, 4) is 22.3 Å². The van der Waals surface area contributed by atoms with Crippen LogP contribution in [0.4, 0.5) is 0 Å². The summed E-state index contributed by atoms with van der Waals surface area (Å²) in [5.41, 5.74) is 4.95. The highest BCUT2D eigenvalue weighted by molar-refractivity contribution is 7.80. The van der Waals surface area contributed by atoms with Gasteiger partial charge in [0.2, 0.25) is 0 Å². The third-order valence-corrected chi connectivity index (χ3v) is 6.21. The molecule has 0 N–H and O–H groups in total. The number of benzene rings is 3. The molecule has 0 unspecified atom stereocenters. The molecular weight excluding hydrogens is 363 g/mol. The molecule has 0 saturated carbocycles. The van der Waals surface area contributed by atoms with Crippen molar-refractivity contribution < 1.29 is 9.31 Å². The summed E-state index contributed by atoms with van der Waals surface area (Å²) < 4.78 is 12.4. The predicted octanol–water partition coefficient (Wildman–Crippen LogP) is 5.61. The summed E-state index contributed by atoms with van der Waals surface area (Å²) in [6.45, 7) is 8.31. The largest absolute Gasteiger partial charge is 0.494 e. The fourth-order valence-corrected chi connectivity index (χ4v) is 3.72. The highest BCUT2D eigenvalue weighted by atomic mass is 32.1. The zero-order valence-corrected chi connectivity index (χ0v) is 17.7. The zero-order chi connectivity index (χ0) is 19.9. The first-order valence-electron chi connectivity index (χ1n) is 9.61. The molecule has 0 amide bonds. The van der Waals surface area contributed by atoms with E-state index in [0.717, 1.165) is 32.6 Å². The summed E-state index contributed by atoms with van der Waals surface area (Å²) in [6, 6.07) is 25.1. The Morgan fingerprint density at radius 2 is 1.25 bits per heavy atom. The van der Waals surface area contributed by atoms with Crippen LogP contribution in [0.2, 0.25) is 0 Å². The Bertz CT molecular complexity index is 997. The van der Waals surface area contributed by atoms with Gasteiger partial charge in [-0.15, -0.1) is 12.6 Å². The van der Waals surface area contributed by atoms with Gasteiger partial charge in [0.25, 0.3) is 0 Å².